The van der Waals surface area contributed by atoms with Gasteiger partial charge in [0.2, 0.25) is 0 Å². The van der Waals surface area contributed by atoms with Crippen LogP contribution in [0.1, 0.15) is 16.8 Å². The molecule has 2 saturated heterocycles. The third-order valence-corrected chi connectivity index (χ3v) is 4.66. The zero-order chi connectivity index (χ0) is 13.6. The van der Waals surface area contributed by atoms with Gasteiger partial charge in [-0.1, -0.05) is 15.9 Å². The van der Waals surface area contributed by atoms with Crippen LogP contribution in [-0.2, 0) is 0 Å². The number of methoxy groups -OCH3 is 1. The minimum absolute atomic E-state index is 0.0879. The molecule has 0 spiro atoms. The second-order valence-corrected chi connectivity index (χ2v) is 6.20. The van der Waals surface area contributed by atoms with E-state index in [1.54, 1.807) is 7.11 Å². The number of hydrogen-bond donors (Lipinski definition) is 0. The summed E-state index contributed by atoms with van der Waals surface area (Å²) in [5.74, 6) is 0.723. The minimum atomic E-state index is 0.0879. The van der Waals surface area contributed by atoms with Crippen LogP contribution in [0.2, 0.25) is 0 Å². The smallest absolute Gasteiger partial charge is 0.257 e. The van der Waals surface area contributed by atoms with Crippen LogP contribution >= 0.6 is 15.9 Å². The van der Waals surface area contributed by atoms with Gasteiger partial charge in [0, 0.05) is 29.6 Å². The third-order valence-electron chi connectivity index (χ3n) is 4.17. The van der Waals surface area contributed by atoms with Gasteiger partial charge in [0.1, 0.15) is 5.75 Å². The van der Waals surface area contributed by atoms with E-state index in [2.05, 4.69) is 27.9 Å². The average molecular weight is 325 g/mol. The lowest BCUT2D eigenvalue weighted by Gasteiger charge is -2.32. The van der Waals surface area contributed by atoms with Crippen LogP contribution in [0.5, 0.6) is 5.75 Å². The zero-order valence-corrected chi connectivity index (χ0v) is 12.7. The van der Waals surface area contributed by atoms with Gasteiger partial charge in [-0.2, -0.15) is 0 Å². The number of carbonyl (C=O) groups excluding carboxylic acids is 1. The number of hydrogen-bond acceptors (Lipinski definition) is 3. The second kappa shape index (κ2) is 4.80. The fourth-order valence-electron chi connectivity index (χ4n) is 3.11. The third kappa shape index (κ3) is 2.15. The Morgan fingerprint density at radius 3 is 2.74 bits per heavy atom. The van der Waals surface area contributed by atoms with E-state index in [1.807, 2.05) is 23.1 Å². The maximum Gasteiger partial charge on any atom is 0.257 e. The molecule has 1 aromatic rings. The highest BCUT2D eigenvalue weighted by Gasteiger charge is 2.44. The fourth-order valence-corrected chi connectivity index (χ4v) is 3.45. The molecule has 102 valence electrons. The SMILES string of the molecule is COc1cc(Br)ccc1C(=O)N1C[C@@H]2CC1CN2C. The molecule has 1 aromatic carbocycles. The Bertz CT molecular complexity index is 518. The summed E-state index contributed by atoms with van der Waals surface area (Å²) in [4.78, 5) is 17.0. The lowest BCUT2D eigenvalue weighted by molar-refractivity contribution is 0.0647. The van der Waals surface area contributed by atoms with Gasteiger partial charge < -0.3 is 9.64 Å². The molecular weight excluding hydrogens is 308 g/mol. The molecule has 2 bridgehead atoms. The van der Waals surface area contributed by atoms with Crippen LogP contribution in [0.15, 0.2) is 22.7 Å². The van der Waals surface area contributed by atoms with Crippen molar-refractivity contribution in [3.8, 4) is 5.75 Å². The highest BCUT2D eigenvalue weighted by Crippen LogP contribution is 2.32. The van der Waals surface area contributed by atoms with Crippen LogP contribution in [-0.4, -0.2) is 55.0 Å². The topological polar surface area (TPSA) is 32.8 Å². The lowest BCUT2D eigenvalue weighted by Crippen LogP contribution is -2.47. The van der Waals surface area contributed by atoms with E-state index in [-0.39, 0.29) is 5.91 Å². The number of halogens is 1. The molecule has 2 fully saturated rings. The summed E-state index contributed by atoms with van der Waals surface area (Å²) in [6, 6.07) is 6.44. The first-order valence-corrected chi connectivity index (χ1v) is 7.24. The molecule has 19 heavy (non-hydrogen) atoms. The van der Waals surface area contributed by atoms with Crippen molar-refractivity contribution in [2.24, 2.45) is 0 Å². The summed E-state index contributed by atoms with van der Waals surface area (Å²) in [5.41, 5.74) is 0.654. The monoisotopic (exact) mass is 324 g/mol. The Morgan fingerprint density at radius 2 is 2.16 bits per heavy atom. The van der Waals surface area contributed by atoms with Gasteiger partial charge in [0.15, 0.2) is 0 Å². The van der Waals surface area contributed by atoms with Crippen LogP contribution in [0.4, 0.5) is 0 Å². The van der Waals surface area contributed by atoms with E-state index in [9.17, 15) is 4.79 Å². The summed E-state index contributed by atoms with van der Waals surface area (Å²) >= 11 is 3.40. The molecule has 0 aromatic heterocycles. The van der Waals surface area contributed by atoms with E-state index in [0.717, 1.165) is 24.0 Å². The van der Waals surface area contributed by atoms with Gasteiger partial charge in [-0.15, -0.1) is 0 Å². The van der Waals surface area contributed by atoms with Crippen molar-refractivity contribution >= 4 is 21.8 Å². The van der Waals surface area contributed by atoms with E-state index in [1.165, 1.54) is 0 Å². The first-order valence-electron chi connectivity index (χ1n) is 6.45. The quantitative estimate of drug-likeness (QED) is 0.834. The number of likely N-dealkylation sites (tertiary alicyclic amines) is 2. The highest BCUT2D eigenvalue weighted by molar-refractivity contribution is 9.10. The number of piperazine rings is 1. The van der Waals surface area contributed by atoms with Gasteiger partial charge in [-0.3, -0.25) is 9.69 Å². The normalized spacial score (nSPS) is 25.9. The molecule has 0 radical (unpaired) electrons. The number of amides is 1. The summed E-state index contributed by atoms with van der Waals surface area (Å²) in [5, 5.41) is 0. The Kier molecular flexibility index (Phi) is 3.27. The van der Waals surface area contributed by atoms with E-state index in [0.29, 0.717) is 23.4 Å². The fraction of sp³-hybridized carbons (Fsp3) is 0.500. The van der Waals surface area contributed by atoms with Crippen molar-refractivity contribution < 1.29 is 9.53 Å². The van der Waals surface area contributed by atoms with Crippen molar-refractivity contribution in [1.29, 1.82) is 0 Å². The van der Waals surface area contributed by atoms with Crippen molar-refractivity contribution in [1.82, 2.24) is 9.80 Å². The predicted octanol–water partition coefficient (Wildman–Crippen LogP) is 1.99. The van der Waals surface area contributed by atoms with Crippen molar-refractivity contribution in [3.05, 3.63) is 28.2 Å². The van der Waals surface area contributed by atoms with E-state index >= 15 is 0 Å². The van der Waals surface area contributed by atoms with Gasteiger partial charge in [0.05, 0.1) is 12.7 Å². The maximum atomic E-state index is 12.6. The summed E-state index contributed by atoms with van der Waals surface area (Å²) in [6.07, 6.45) is 1.10. The first-order chi connectivity index (χ1) is 9.10. The maximum absolute atomic E-state index is 12.6. The van der Waals surface area contributed by atoms with Gasteiger partial charge in [0.25, 0.3) is 5.91 Å². The number of likely N-dealkylation sites (N-methyl/N-ethyl adjacent to an activating group) is 1. The molecule has 3 rings (SSSR count). The number of carbonyl (C=O) groups is 1. The number of rotatable bonds is 2. The largest absolute Gasteiger partial charge is 0.496 e. The van der Waals surface area contributed by atoms with Crippen LogP contribution in [0.3, 0.4) is 0 Å². The summed E-state index contributed by atoms with van der Waals surface area (Å²) in [7, 11) is 3.73. The number of benzene rings is 1. The van der Waals surface area contributed by atoms with Gasteiger partial charge >= 0.3 is 0 Å². The zero-order valence-electron chi connectivity index (χ0n) is 11.1. The van der Waals surface area contributed by atoms with Gasteiger partial charge in [-0.05, 0) is 31.7 Å². The van der Waals surface area contributed by atoms with Crippen molar-refractivity contribution in [2.45, 2.75) is 18.5 Å². The molecule has 5 heteroatoms. The van der Waals surface area contributed by atoms with Crippen LogP contribution in [0.25, 0.3) is 0 Å². The van der Waals surface area contributed by atoms with Crippen molar-refractivity contribution in [3.63, 3.8) is 0 Å². The van der Waals surface area contributed by atoms with Crippen molar-refractivity contribution in [2.75, 3.05) is 27.2 Å². The standard InChI is InChI=1S/C14H17BrN2O2/c1-16-7-11-6-10(16)8-17(11)14(18)12-4-3-9(15)5-13(12)19-2/h3-5,10-11H,6-8H2,1-2H3/t10-,11?/m0/s1. The highest BCUT2D eigenvalue weighted by atomic mass is 79.9. The Morgan fingerprint density at radius 1 is 1.37 bits per heavy atom. The second-order valence-electron chi connectivity index (χ2n) is 5.29. The molecular formula is C14H17BrN2O2. The Labute approximate surface area is 121 Å². The molecule has 0 saturated carbocycles. The molecule has 1 unspecified atom stereocenters. The van der Waals surface area contributed by atoms with Crippen LogP contribution < -0.4 is 4.74 Å². The summed E-state index contributed by atoms with van der Waals surface area (Å²) in [6.45, 7) is 1.81. The average Bonchev–Trinajstić information content (AvgIpc) is 2.96. The predicted molar refractivity (Wildman–Crippen MR) is 76.6 cm³/mol. The molecule has 2 aliphatic heterocycles. The summed E-state index contributed by atoms with van der Waals surface area (Å²) < 4.78 is 6.24. The number of ether oxygens (including phenoxy) is 1. The van der Waals surface area contributed by atoms with E-state index < -0.39 is 0 Å². The Hall–Kier alpha value is -1.07. The molecule has 2 heterocycles. The molecule has 2 aliphatic rings. The molecule has 0 N–H and O–H groups in total. The number of nitrogens with zero attached hydrogens (tertiary/aromatic N) is 2. The van der Waals surface area contributed by atoms with Crippen LogP contribution in [0, 0.1) is 0 Å². The molecule has 4 nitrogen and oxygen atoms in total. The molecule has 1 amide bonds. The van der Waals surface area contributed by atoms with E-state index in [4.69, 9.17) is 4.74 Å². The molecule has 0 aliphatic carbocycles. The molecule has 2 atom stereocenters. The lowest BCUT2D eigenvalue weighted by atomic mass is 10.1. The number of fused-ring (bicyclic) bond motifs is 2. The first kappa shape index (κ1) is 12.9. The Balaban J connectivity index is 1.85. The van der Waals surface area contributed by atoms with Gasteiger partial charge in [-0.25, -0.2) is 0 Å². The minimum Gasteiger partial charge on any atom is -0.496 e.